The van der Waals surface area contributed by atoms with Crippen LogP contribution >= 0.6 is 25.3 Å². The molecule has 4 rings (SSSR count). The first-order valence-electron chi connectivity index (χ1n) is 9.22. The summed E-state index contributed by atoms with van der Waals surface area (Å²) >= 11 is 8.37. The molecule has 0 atom stereocenters. The minimum absolute atomic E-state index is 0.142. The van der Waals surface area contributed by atoms with Gasteiger partial charge in [0.1, 0.15) is 23.5 Å². The van der Waals surface area contributed by atoms with Crippen molar-refractivity contribution in [1.82, 2.24) is 24.9 Å². The number of pyridine rings is 2. The van der Waals surface area contributed by atoms with Crippen LogP contribution in [-0.2, 0) is 0 Å². The zero-order valence-electron chi connectivity index (χ0n) is 16.5. The van der Waals surface area contributed by atoms with Crippen molar-refractivity contribution < 1.29 is 0 Å². The third kappa shape index (κ3) is 4.03. The zero-order valence-corrected chi connectivity index (χ0v) is 18.3. The fraction of sp³-hybridized carbons (Fsp3) is 0. The Morgan fingerprint density at radius 1 is 0.938 bits per heavy atom. The van der Waals surface area contributed by atoms with Gasteiger partial charge >= 0.3 is 0 Å². The van der Waals surface area contributed by atoms with Gasteiger partial charge in [0.05, 0.1) is 21.4 Å². The maximum atomic E-state index is 12.5. The van der Waals surface area contributed by atoms with Crippen LogP contribution in [0.3, 0.4) is 0 Å². The molecule has 9 nitrogen and oxygen atoms in total. The van der Waals surface area contributed by atoms with E-state index < -0.39 is 0 Å². The molecule has 0 radical (unpaired) electrons. The molecule has 0 saturated carbocycles. The van der Waals surface area contributed by atoms with E-state index in [1.165, 1.54) is 30.6 Å². The highest BCUT2D eigenvalue weighted by Gasteiger charge is 2.12. The van der Waals surface area contributed by atoms with Gasteiger partial charge in [-0.25, -0.2) is 15.0 Å². The van der Waals surface area contributed by atoms with Gasteiger partial charge in [-0.2, -0.15) is 0 Å². The van der Waals surface area contributed by atoms with Crippen LogP contribution in [-0.4, -0.2) is 24.9 Å². The van der Waals surface area contributed by atoms with Crippen molar-refractivity contribution in [2.45, 2.75) is 10.1 Å². The average Bonchev–Trinajstić information content (AvgIpc) is 3.18. The Balaban J connectivity index is 1.94. The van der Waals surface area contributed by atoms with Gasteiger partial charge in [-0.3, -0.25) is 9.59 Å². The minimum atomic E-state index is -0.332. The first-order chi connectivity index (χ1) is 15.4. The molecule has 4 N–H and O–H groups in total. The molecule has 32 heavy (non-hydrogen) atoms. The number of nitrogens with one attached hydrogen (secondary N) is 4. The molecular weight excluding hydrogens is 446 g/mol. The summed E-state index contributed by atoms with van der Waals surface area (Å²) in [5, 5.41) is 5.03. The van der Waals surface area contributed by atoms with E-state index in [4.69, 9.17) is 0 Å². The lowest BCUT2D eigenvalue weighted by molar-refractivity contribution is 1.07. The second kappa shape index (κ2) is 8.73. The van der Waals surface area contributed by atoms with E-state index in [-0.39, 0.29) is 27.7 Å². The molecule has 0 aromatic carbocycles. The van der Waals surface area contributed by atoms with Crippen LogP contribution in [0.2, 0.25) is 0 Å². The summed E-state index contributed by atoms with van der Waals surface area (Å²) in [6.07, 6.45) is 7.66. The molecule has 0 aliphatic heterocycles. The molecule has 4 heterocycles. The van der Waals surface area contributed by atoms with E-state index in [0.717, 1.165) is 0 Å². The highest BCUT2D eigenvalue weighted by molar-refractivity contribution is 7.80. The highest BCUT2D eigenvalue weighted by Crippen LogP contribution is 2.23. The maximum Gasteiger partial charge on any atom is 0.208 e. The van der Waals surface area contributed by atoms with Gasteiger partial charge in [-0.15, -0.1) is 25.3 Å². The molecule has 0 unspecified atom stereocenters. The second-order valence-corrected chi connectivity index (χ2v) is 7.53. The lowest BCUT2D eigenvalue weighted by atomic mass is 10.2. The van der Waals surface area contributed by atoms with E-state index in [1.807, 2.05) is 0 Å². The van der Waals surface area contributed by atoms with E-state index in [2.05, 4.69) is 73.6 Å². The number of aromatic amines is 3. The Morgan fingerprint density at radius 3 is 2.31 bits per heavy atom. The number of H-pyrrole nitrogens is 3. The fourth-order valence-corrected chi connectivity index (χ4v) is 3.58. The van der Waals surface area contributed by atoms with E-state index in [9.17, 15) is 9.59 Å². The Bertz CT molecular complexity index is 1570. The predicted molar refractivity (Wildman–Crippen MR) is 131 cm³/mol. The Morgan fingerprint density at radius 2 is 1.59 bits per heavy atom. The number of nitrogens with zero attached hydrogens (tertiary/aromatic N) is 3. The summed E-state index contributed by atoms with van der Waals surface area (Å²) in [7, 11) is 0. The third-order valence-electron chi connectivity index (χ3n) is 4.54. The molecule has 0 saturated heterocycles. The van der Waals surface area contributed by atoms with Gasteiger partial charge in [-0.1, -0.05) is 13.2 Å². The fourth-order valence-electron chi connectivity index (χ4n) is 3.11. The monoisotopic (exact) mass is 463 g/mol. The van der Waals surface area contributed by atoms with Gasteiger partial charge < -0.3 is 20.3 Å². The van der Waals surface area contributed by atoms with Crippen molar-refractivity contribution in [2.24, 2.45) is 4.99 Å². The van der Waals surface area contributed by atoms with Crippen molar-refractivity contribution in [2.75, 3.05) is 5.32 Å². The molecule has 0 aliphatic carbocycles. The van der Waals surface area contributed by atoms with Crippen LogP contribution in [0.15, 0.2) is 68.6 Å². The lowest BCUT2D eigenvalue weighted by Gasteiger charge is -2.08. The summed E-state index contributed by atoms with van der Waals surface area (Å²) in [6, 6.07) is 2.68. The number of thiol groups is 2. The van der Waals surface area contributed by atoms with E-state index >= 15 is 0 Å². The Labute approximate surface area is 191 Å². The quantitative estimate of drug-likeness (QED) is 0.253. The third-order valence-corrected chi connectivity index (χ3v) is 5.02. The summed E-state index contributed by atoms with van der Waals surface area (Å²) in [4.78, 5) is 47.0. The molecule has 0 bridgehead atoms. The van der Waals surface area contributed by atoms with Gasteiger partial charge in [0, 0.05) is 35.3 Å². The maximum absolute atomic E-state index is 12.5. The molecule has 4 aromatic heterocycles. The first kappa shape index (κ1) is 21.4. The SMILES string of the molecule is C=Cc1[nH]c(S)cc(=O)c1N=c1ncnc(Nc2c(C=C)[nH]c(S)cc2=O)c2c[nH]cc12. The van der Waals surface area contributed by atoms with Crippen LogP contribution in [0.4, 0.5) is 17.2 Å². The normalized spacial score (nSPS) is 11.5. The molecule has 0 aliphatic rings. The molecule has 4 aromatic rings. The number of hydrogen-bond donors (Lipinski definition) is 6. The summed E-state index contributed by atoms with van der Waals surface area (Å²) < 4.78 is 0. The second-order valence-electron chi connectivity index (χ2n) is 6.56. The van der Waals surface area contributed by atoms with Gasteiger partial charge in [-0.05, 0) is 12.2 Å². The highest BCUT2D eigenvalue weighted by atomic mass is 32.1. The van der Waals surface area contributed by atoms with Gasteiger partial charge in [0.2, 0.25) is 10.9 Å². The van der Waals surface area contributed by atoms with Crippen molar-refractivity contribution in [3.63, 3.8) is 0 Å². The Kier molecular flexibility index (Phi) is 5.84. The number of hydrogen-bond acceptors (Lipinski definition) is 8. The number of rotatable bonds is 5. The smallest absolute Gasteiger partial charge is 0.208 e. The Hall–Kier alpha value is -3.83. The van der Waals surface area contributed by atoms with E-state index in [0.29, 0.717) is 38.0 Å². The molecule has 0 fully saturated rings. The van der Waals surface area contributed by atoms with Crippen molar-refractivity contribution in [3.8, 4) is 0 Å². The molecule has 160 valence electrons. The number of anilines is 2. The molecule has 11 heteroatoms. The van der Waals surface area contributed by atoms with Crippen LogP contribution in [0, 0.1) is 0 Å². The van der Waals surface area contributed by atoms with Crippen LogP contribution in [0.5, 0.6) is 0 Å². The van der Waals surface area contributed by atoms with Crippen molar-refractivity contribution in [3.05, 3.63) is 81.3 Å². The molecule has 0 spiro atoms. The summed E-state index contributed by atoms with van der Waals surface area (Å²) in [6.45, 7) is 7.44. The van der Waals surface area contributed by atoms with Gasteiger partial charge in [0.25, 0.3) is 0 Å². The minimum Gasteiger partial charge on any atom is -0.366 e. The van der Waals surface area contributed by atoms with Crippen LogP contribution in [0.25, 0.3) is 22.9 Å². The van der Waals surface area contributed by atoms with Crippen LogP contribution < -0.4 is 21.7 Å². The average molecular weight is 464 g/mol. The molecule has 0 amide bonds. The van der Waals surface area contributed by atoms with Crippen molar-refractivity contribution in [1.29, 1.82) is 0 Å². The lowest BCUT2D eigenvalue weighted by Crippen LogP contribution is -2.11. The van der Waals surface area contributed by atoms with Gasteiger partial charge in [0.15, 0.2) is 5.49 Å². The van der Waals surface area contributed by atoms with Crippen LogP contribution in [0.1, 0.15) is 11.4 Å². The number of aromatic nitrogens is 5. The first-order valence-corrected chi connectivity index (χ1v) is 10.1. The number of fused-ring (bicyclic) bond motifs is 1. The molecular formula is C21H17N7O2S2. The van der Waals surface area contributed by atoms with Crippen molar-refractivity contribution >= 4 is 65.4 Å². The standard InChI is InChI=1S/C21H17N7O2S2/c1-3-12-18(14(29)5-16(31)25-12)27-20-10-7-22-8-11(10)21(24-9-23-20)28-19-13(4-2)26-17(32)6-15(19)30/h3-9,22H,1-2H2,(H2,25,29,31)(H2,26,30,32)(H,23,24,27,28). The summed E-state index contributed by atoms with van der Waals surface area (Å²) in [5.74, 6) is 0.360. The topological polar surface area (TPSA) is 132 Å². The predicted octanol–water partition coefficient (Wildman–Crippen LogP) is 3.17. The largest absolute Gasteiger partial charge is 0.366 e. The van der Waals surface area contributed by atoms with E-state index in [1.54, 1.807) is 12.4 Å². The zero-order chi connectivity index (χ0) is 22.8. The summed E-state index contributed by atoms with van der Waals surface area (Å²) in [5.41, 5.74) is 0.918.